The fraction of sp³-hybridized carbons (Fsp3) is 0.120. The van der Waals surface area contributed by atoms with Gasteiger partial charge in [0.25, 0.3) is 5.91 Å². The number of anilines is 1. The smallest absolute Gasteiger partial charge is 0.266 e. The number of hydrogen-bond donors (Lipinski definition) is 1. The number of halogens is 1. The number of nitrogens with zero attached hydrogens (tertiary/aromatic N) is 1. The van der Waals surface area contributed by atoms with Crippen molar-refractivity contribution in [3.05, 3.63) is 101 Å². The first-order valence-electron chi connectivity index (χ1n) is 9.58. The predicted octanol–water partition coefficient (Wildman–Crippen LogP) is 5.51. The van der Waals surface area contributed by atoms with Crippen LogP contribution in [0.3, 0.4) is 0 Å². The Hall–Kier alpha value is -3.91. The third-order valence-corrected chi connectivity index (χ3v) is 4.51. The molecule has 3 aromatic rings. The lowest BCUT2D eigenvalue weighted by Crippen LogP contribution is -2.14. The van der Waals surface area contributed by atoms with Gasteiger partial charge in [-0.15, -0.1) is 0 Å². The van der Waals surface area contributed by atoms with Crippen molar-refractivity contribution in [2.75, 3.05) is 5.32 Å². The number of aryl methyl sites for hydroxylation is 1. The van der Waals surface area contributed by atoms with Gasteiger partial charge in [-0.2, -0.15) is 5.26 Å². The zero-order valence-electron chi connectivity index (χ0n) is 16.6. The normalized spacial score (nSPS) is 10.9. The van der Waals surface area contributed by atoms with E-state index < -0.39 is 5.91 Å². The number of nitrogens with one attached hydrogen (secondary N) is 1. The molecule has 0 unspecified atom stereocenters. The Morgan fingerprint density at radius 2 is 1.87 bits per heavy atom. The van der Waals surface area contributed by atoms with Crippen LogP contribution in [0, 0.1) is 17.1 Å². The molecule has 30 heavy (non-hydrogen) atoms. The van der Waals surface area contributed by atoms with Crippen LogP contribution in [0.5, 0.6) is 5.75 Å². The zero-order chi connectivity index (χ0) is 21.3. The zero-order valence-corrected chi connectivity index (χ0v) is 16.6. The Labute approximate surface area is 175 Å². The highest BCUT2D eigenvalue weighted by Crippen LogP contribution is 2.23. The Balaban J connectivity index is 1.80. The number of carbonyl (C=O) groups excluding carboxylic acids is 1. The van der Waals surface area contributed by atoms with Gasteiger partial charge in [-0.3, -0.25) is 4.79 Å². The molecule has 1 N–H and O–H groups in total. The summed E-state index contributed by atoms with van der Waals surface area (Å²) >= 11 is 0. The molecule has 1 amide bonds. The van der Waals surface area contributed by atoms with Crippen LogP contribution in [-0.2, 0) is 17.8 Å². The van der Waals surface area contributed by atoms with Gasteiger partial charge in [0.15, 0.2) is 0 Å². The Bertz CT molecular complexity index is 1120. The van der Waals surface area contributed by atoms with Crippen molar-refractivity contribution in [3.8, 4) is 11.8 Å². The lowest BCUT2D eigenvalue weighted by Gasteiger charge is -2.11. The number of rotatable bonds is 7. The van der Waals surface area contributed by atoms with E-state index in [0.717, 1.165) is 12.0 Å². The van der Waals surface area contributed by atoms with E-state index in [2.05, 4.69) is 5.32 Å². The summed E-state index contributed by atoms with van der Waals surface area (Å²) in [7, 11) is 0. The van der Waals surface area contributed by atoms with Crippen molar-refractivity contribution in [1.82, 2.24) is 0 Å². The minimum Gasteiger partial charge on any atom is -0.488 e. The predicted molar refractivity (Wildman–Crippen MR) is 115 cm³/mol. The molecule has 3 rings (SSSR count). The second-order valence-corrected chi connectivity index (χ2v) is 6.59. The number of para-hydroxylation sites is 2. The topological polar surface area (TPSA) is 62.1 Å². The van der Waals surface area contributed by atoms with Gasteiger partial charge in [-0.25, -0.2) is 4.39 Å². The number of hydrogen-bond acceptors (Lipinski definition) is 3. The van der Waals surface area contributed by atoms with E-state index in [1.165, 1.54) is 18.2 Å². The maximum Gasteiger partial charge on any atom is 0.266 e. The van der Waals surface area contributed by atoms with Crippen molar-refractivity contribution in [1.29, 1.82) is 5.26 Å². The average Bonchev–Trinajstić information content (AvgIpc) is 2.77. The highest BCUT2D eigenvalue weighted by atomic mass is 19.1. The van der Waals surface area contributed by atoms with E-state index in [-0.39, 0.29) is 18.0 Å². The average molecular weight is 400 g/mol. The van der Waals surface area contributed by atoms with Gasteiger partial charge in [0.05, 0.1) is 0 Å². The maximum atomic E-state index is 13.4. The van der Waals surface area contributed by atoms with Crippen LogP contribution in [0.1, 0.15) is 23.6 Å². The molecule has 4 nitrogen and oxygen atoms in total. The highest BCUT2D eigenvalue weighted by molar-refractivity contribution is 6.10. The van der Waals surface area contributed by atoms with Crippen molar-refractivity contribution < 1.29 is 13.9 Å². The first-order valence-corrected chi connectivity index (χ1v) is 9.58. The Kier molecular flexibility index (Phi) is 6.96. The van der Waals surface area contributed by atoms with Crippen LogP contribution in [0.4, 0.5) is 10.1 Å². The van der Waals surface area contributed by atoms with Crippen LogP contribution in [0.25, 0.3) is 6.08 Å². The Morgan fingerprint density at radius 1 is 1.10 bits per heavy atom. The molecule has 0 radical (unpaired) electrons. The van der Waals surface area contributed by atoms with Gasteiger partial charge in [0, 0.05) is 11.3 Å². The third-order valence-electron chi connectivity index (χ3n) is 4.51. The largest absolute Gasteiger partial charge is 0.488 e. The van der Waals surface area contributed by atoms with Gasteiger partial charge in [-0.1, -0.05) is 55.5 Å². The molecule has 3 aromatic carbocycles. The van der Waals surface area contributed by atoms with Crippen molar-refractivity contribution in [3.63, 3.8) is 0 Å². The number of amides is 1. The number of benzene rings is 3. The fourth-order valence-corrected chi connectivity index (χ4v) is 2.96. The van der Waals surface area contributed by atoms with Crippen LogP contribution in [0.2, 0.25) is 0 Å². The summed E-state index contributed by atoms with van der Waals surface area (Å²) in [5.41, 5.74) is 2.90. The molecule has 5 heteroatoms. The number of ether oxygens (including phenoxy) is 1. The monoisotopic (exact) mass is 400 g/mol. The summed E-state index contributed by atoms with van der Waals surface area (Å²) in [4.78, 5) is 12.7. The second-order valence-electron chi connectivity index (χ2n) is 6.59. The molecule has 0 aliphatic heterocycles. The molecule has 0 aromatic heterocycles. The van der Waals surface area contributed by atoms with Gasteiger partial charge in [-0.05, 0) is 47.9 Å². The molecule has 0 saturated heterocycles. The highest BCUT2D eigenvalue weighted by Gasteiger charge is 2.13. The van der Waals surface area contributed by atoms with E-state index in [9.17, 15) is 14.4 Å². The minimum absolute atomic E-state index is 0.0392. The van der Waals surface area contributed by atoms with Crippen molar-refractivity contribution in [2.45, 2.75) is 20.0 Å². The fourth-order valence-electron chi connectivity index (χ4n) is 2.96. The summed E-state index contributed by atoms with van der Waals surface area (Å²) < 4.78 is 19.2. The quantitative estimate of drug-likeness (QED) is 0.420. The van der Waals surface area contributed by atoms with Gasteiger partial charge >= 0.3 is 0 Å². The van der Waals surface area contributed by atoms with Gasteiger partial charge < -0.3 is 10.1 Å². The molecule has 0 bridgehead atoms. The van der Waals surface area contributed by atoms with E-state index in [0.29, 0.717) is 22.6 Å². The molecule has 0 atom stereocenters. The molecule has 150 valence electrons. The molecule has 0 heterocycles. The van der Waals surface area contributed by atoms with E-state index >= 15 is 0 Å². The number of nitriles is 1. The van der Waals surface area contributed by atoms with E-state index in [1.54, 1.807) is 36.4 Å². The SMILES string of the molecule is CCc1ccccc1NC(=O)/C(C#N)=C/c1ccccc1OCc1cccc(F)c1. The lowest BCUT2D eigenvalue weighted by atomic mass is 10.1. The third kappa shape index (κ3) is 5.33. The van der Waals surface area contributed by atoms with Crippen LogP contribution < -0.4 is 10.1 Å². The van der Waals surface area contributed by atoms with Gasteiger partial charge in [0.1, 0.15) is 29.8 Å². The van der Waals surface area contributed by atoms with E-state index in [1.807, 2.05) is 37.3 Å². The molecule has 0 aliphatic carbocycles. The minimum atomic E-state index is -0.488. The first-order chi connectivity index (χ1) is 14.6. The van der Waals surface area contributed by atoms with Crippen LogP contribution in [-0.4, -0.2) is 5.91 Å². The number of carbonyl (C=O) groups is 1. The molecular weight excluding hydrogens is 379 g/mol. The van der Waals surface area contributed by atoms with E-state index in [4.69, 9.17) is 4.74 Å². The molecule has 0 fully saturated rings. The molecule has 0 aliphatic rings. The standard InChI is InChI=1S/C25H21FN2O2/c1-2-19-9-3-5-12-23(19)28-25(29)21(16-27)15-20-10-4-6-13-24(20)30-17-18-8-7-11-22(26)14-18/h3-15H,2,17H2,1H3,(H,28,29)/b21-15+. The maximum absolute atomic E-state index is 13.4. The summed E-state index contributed by atoms with van der Waals surface area (Å²) in [6.07, 6.45) is 2.25. The van der Waals surface area contributed by atoms with Gasteiger partial charge in [0.2, 0.25) is 0 Å². The van der Waals surface area contributed by atoms with Crippen molar-refractivity contribution in [2.24, 2.45) is 0 Å². The Morgan fingerprint density at radius 3 is 2.63 bits per heavy atom. The van der Waals surface area contributed by atoms with Crippen LogP contribution >= 0.6 is 0 Å². The van der Waals surface area contributed by atoms with Crippen LogP contribution in [0.15, 0.2) is 78.4 Å². The lowest BCUT2D eigenvalue weighted by molar-refractivity contribution is -0.112. The molecule has 0 saturated carbocycles. The summed E-state index contributed by atoms with van der Waals surface area (Å²) in [5, 5.41) is 12.3. The molecular formula is C25H21FN2O2. The first kappa shape index (κ1) is 20.8. The molecule has 0 spiro atoms. The summed E-state index contributed by atoms with van der Waals surface area (Å²) in [6, 6.07) is 22.7. The summed E-state index contributed by atoms with van der Waals surface area (Å²) in [5.74, 6) is -0.324. The van der Waals surface area contributed by atoms with Crippen molar-refractivity contribution >= 4 is 17.7 Å². The second kappa shape index (κ2) is 10.0. The summed E-state index contributed by atoms with van der Waals surface area (Å²) in [6.45, 7) is 2.17.